The Bertz CT molecular complexity index is 907. The van der Waals surface area contributed by atoms with Crippen LogP contribution in [-0.2, 0) is 13.1 Å². The average Bonchev–Trinajstić information content (AvgIpc) is 3.16. The zero-order valence-corrected chi connectivity index (χ0v) is 14.3. The van der Waals surface area contributed by atoms with Crippen LogP contribution in [0.3, 0.4) is 0 Å². The fraction of sp³-hybridized carbons (Fsp3) is 0.188. The molecule has 9 heteroatoms. The number of nitrogens with zero attached hydrogens (tertiary/aromatic N) is 4. The van der Waals surface area contributed by atoms with E-state index in [9.17, 15) is 18.0 Å². The molecule has 0 fully saturated rings. The van der Waals surface area contributed by atoms with Gasteiger partial charge in [0.1, 0.15) is 22.8 Å². The molecule has 0 unspecified atom stereocenters. The van der Waals surface area contributed by atoms with Crippen LogP contribution in [0.15, 0.2) is 41.4 Å². The summed E-state index contributed by atoms with van der Waals surface area (Å²) in [6, 6.07) is 3.86. The van der Waals surface area contributed by atoms with Gasteiger partial charge in [0.15, 0.2) is 6.29 Å². The molecule has 25 heavy (non-hydrogen) atoms. The van der Waals surface area contributed by atoms with Crippen molar-refractivity contribution in [2.75, 3.05) is 0 Å². The number of carbonyl (C=O) groups excluding carboxylic acids is 1. The van der Waals surface area contributed by atoms with E-state index in [0.717, 1.165) is 6.07 Å². The van der Waals surface area contributed by atoms with Crippen LogP contribution in [0, 0.1) is 5.82 Å². The van der Waals surface area contributed by atoms with Gasteiger partial charge in [-0.2, -0.15) is 5.10 Å². The second-order valence-electron chi connectivity index (χ2n) is 5.26. The Labute approximate surface area is 149 Å². The van der Waals surface area contributed by atoms with Gasteiger partial charge in [-0.1, -0.05) is 0 Å². The molecule has 1 aromatic carbocycles. The third kappa shape index (κ3) is 3.65. The fourth-order valence-corrected chi connectivity index (χ4v) is 2.94. The lowest BCUT2D eigenvalue weighted by Gasteiger charge is -2.09. The highest BCUT2D eigenvalue weighted by atomic mass is 79.9. The summed E-state index contributed by atoms with van der Waals surface area (Å²) < 4.78 is 41.7. The van der Waals surface area contributed by atoms with Gasteiger partial charge in [-0.05, 0) is 34.1 Å². The Kier molecular flexibility index (Phi) is 5.03. The number of rotatable bonds is 6. The van der Waals surface area contributed by atoms with Crippen molar-refractivity contribution in [2.45, 2.75) is 19.5 Å². The SMILES string of the molecule is O=Cc1cc(F)ccc1-c1nccn1Cc1cnn(CC(F)F)c1Br. The quantitative estimate of drug-likeness (QED) is 0.579. The molecule has 0 spiro atoms. The number of carbonyl (C=O) groups is 1. The van der Waals surface area contributed by atoms with E-state index in [1.54, 1.807) is 17.0 Å². The minimum absolute atomic E-state index is 0.180. The molecular weight excluding hydrogens is 401 g/mol. The van der Waals surface area contributed by atoms with Crippen molar-refractivity contribution in [3.8, 4) is 11.4 Å². The maximum absolute atomic E-state index is 13.3. The molecule has 0 saturated carbocycles. The van der Waals surface area contributed by atoms with Crippen molar-refractivity contribution in [2.24, 2.45) is 0 Å². The van der Waals surface area contributed by atoms with Gasteiger partial charge in [-0.3, -0.25) is 9.48 Å². The topological polar surface area (TPSA) is 52.7 Å². The van der Waals surface area contributed by atoms with E-state index in [1.807, 2.05) is 0 Å². The number of hydrogen-bond donors (Lipinski definition) is 0. The summed E-state index contributed by atoms with van der Waals surface area (Å²) in [4.78, 5) is 15.4. The molecule has 0 saturated heterocycles. The van der Waals surface area contributed by atoms with Gasteiger partial charge < -0.3 is 4.57 Å². The molecule has 2 aromatic heterocycles. The molecule has 0 N–H and O–H groups in total. The molecule has 0 aliphatic rings. The molecule has 0 amide bonds. The third-order valence-corrected chi connectivity index (χ3v) is 4.51. The van der Waals surface area contributed by atoms with Crippen molar-refractivity contribution in [3.05, 3.63) is 58.3 Å². The first-order chi connectivity index (χ1) is 12.0. The van der Waals surface area contributed by atoms with Crippen molar-refractivity contribution in [3.63, 3.8) is 0 Å². The number of hydrogen-bond acceptors (Lipinski definition) is 3. The van der Waals surface area contributed by atoms with Gasteiger partial charge in [0, 0.05) is 29.1 Å². The summed E-state index contributed by atoms with van der Waals surface area (Å²) >= 11 is 3.27. The lowest BCUT2D eigenvalue weighted by Crippen LogP contribution is -2.09. The van der Waals surface area contributed by atoms with Crippen LogP contribution in [0.2, 0.25) is 0 Å². The average molecular weight is 413 g/mol. The highest BCUT2D eigenvalue weighted by Crippen LogP contribution is 2.25. The third-order valence-electron chi connectivity index (χ3n) is 3.59. The van der Waals surface area contributed by atoms with E-state index in [4.69, 9.17) is 0 Å². The first-order valence-electron chi connectivity index (χ1n) is 7.24. The van der Waals surface area contributed by atoms with Gasteiger partial charge in [0.05, 0.1) is 12.7 Å². The molecule has 3 rings (SSSR count). The smallest absolute Gasteiger partial charge is 0.257 e. The predicted molar refractivity (Wildman–Crippen MR) is 88.0 cm³/mol. The first-order valence-corrected chi connectivity index (χ1v) is 8.03. The van der Waals surface area contributed by atoms with Crippen molar-refractivity contribution in [1.29, 1.82) is 0 Å². The van der Waals surface area contributed by atoms with Crippen LogP contribution in [0.25, 0.3) is 11.4 Å². The van der Waals surface area contributed by atoms with Gasteiger partial charge in [0.2, 0.25) is 0 Å². The molecular formula is C16H12BrF3N4O. The number of alkyl halides is 2. The Morgan fingerprint density at radius 1 is 1.32 bits per heavy atom. The second kappa shape index (κ2) is 7.22. The first kappa shape index (κ1) is 17.4. The number of imidazole rings is 1. The van der Waals surface area contributed by atoms with Crippen LogP contribution < -0.4 is 0 Å². The van der Waals surface area contributed by atoms with E-state index < -0.39 is 18.8 Å². The van der Waals surface area contributed by atoms with E-state index in [2.05, 4.69) is 26.0 Å². The lowest BCUT2D eigenvalue weighted by atomic mass is 10.1. The fourth-order valence-electron chi connectivity index (χ4n) is 2.47. The molecule has 0 atom stereocenters. The van der Waals surface area contributed by atoms with Crippen molar-refractivity contribution in [1.82, 2.24) is 19.3 Å². The van der Waals surface area contributed by atoms with Crippen LogP contribution in [-0.4, -0.2) is 32.0 Å². The van der Waals surface area contributed by atoms with E-state index in [1.165, 1.54) is 23.0 Å². The standard InChI is InChI=1S/C16H12BrF3N4O/c17-15-11(6-22-24(15)8-14(19)20)7-23-4-3-21-16(23)13-2-1-12(18)5-10(13)9-25/h1-6,9,14H,7-8H2. The van der Waals surface area contributed by atoms with Gasteiger partial charge >= 0.3 is 0 Å². The van der Waals surface area contributed by atoms with Gasteiger partial charge in [-0.15, -0.1) is 0 Å². The lowest BCUT2D eigenvalue weighted by molar-refractivity contribution is 0.112. The van der Waals surface area contributed by atoms with Crippen LogP contribution in [0.5, 0.6) is 0 Å². The minimum Gasteiger partial charge on any atom is -0.326 e. The summed E-state index contributed by atoms with van der Waals surface area (Å²) in [5.41, 5.74) is 1.34. The van der Waals surface area contributed by atoms with E-state index >= 15 is 0 Å². The molecule has 2 heterocycles. The number of aldehydes is 1. The molecule has 0 aliphatic carbocycles. The molecule has 0 aliphatic heterocycles. The monoisotopic (exact) mass is 412 g/mol. The largest absolute Gasteiger partial charge is 0.326 e. The molecule has 5 nitrogen and oxygen atoms in total. The Morgan fingerprint density at radius 2 is 2.12 bits per heavy atom. The molecule has 3 aromatic rings. The normalized spacial score (nSPS) is 11.2. The van der Waals surface area contributed by atoms with Crippen LogP contribution in [0.1, 0.15) is 15.9 Å². The zero-order chi connectivity index (χ0) is 18.0. The molecule has 0 bridgehead atoms. The maximum Gasteiger partial charge on any atom is 0.257 e. The highest BCUT2D eigenvalue weighted by Gasteiger charge is 2.16. The van der Waals surface area contributed by atoms with Gasteiger partial charge in [0.25, 0.3) is 6.43 Å². The Hall–Kier alpha value is -2.42. The molecule has 0 radical (unpaired) electrons. The second-order valence-corrected chi connectivity index (χ2v) is 6.01. The van der Waals surface area contributed by atoms with Crippen molar-refractivity contribution < 1.29 is 18.0 Å². The number of aromatic nitrogens is 4. The van der Waals surface area contributed by atoms with E-state index in [0.29, 0.717) is 34.4 Å². The number of benzene rings is 1. The van der Waals surface area contributed by atoms with E-state index in [-0.39, 0.29) is 5.56 Å². The summed E-state index contributed by atoms with van der Waals surface area (Å²) in [5, 5.41) is 3.93. The van der Waals surface area contributed by atoms with Gasteiger partial charge in [-0.25, -0.2) is 18.2 Å². The highest BCUT2D eigenvalue weighted by molar-refractivity contribution is 9.10. The predicted octanol–water partition coefficient (Wildman–Crippen LogP) is 3.77. The summed E-state index contributed by atoms with van der Waals surface area (Å²) in [6.07, 6.45) is 2.77. The molecule has 130 valence electrons. The minimum atomic E-state index is -2.51. The van der Waals surface area contributed by atoms with Crippen molar-refractivity contribution >= 4 is 22.2 Å². The Morgan fingerprint density at radius 3 is 2.84 bits per heavy atom. The maximum atomic E-state index is 13.3. The Balaban J connectivity index is 1.93. The van der Waals surface area contributed by atoms with Crippen LogP contribution >= 0.6 is 15.9 Å². The zero-order valence-electron chi connectivity index (χ0n) is 12.7. The summed E-state index contributed by atoms with van der Waals surface area (Å²) in [5.74, 6) is -0.0458. The number of halogens is 4. The summed E-state index contributed by atoms with van der Waals surface area (Å²) in [6.45, 7) is -0.209. The summed E-state index contributed by atoms with van der Waals surface area (Å²) in [7, 11) is 0. The van der Waals surface area contributed by atoms with Crippen LogP contribution in [0.4, 0.5) is 13.2 Å².